The molecule has 6 heteroatoms. The fraction of sp³-hybridized carbons (Fsp3) is 0.500. The van der Waals surface area contributed by atoms with E-state index in [9.17, 15) is 4.79 Å². The van der Waals surface area contributed by atoms with Crippen molar-refractivity contribution in [1.82, 2.24) is 14.9 Å². The minimum Gasteiger partial charge on any atom is -0.375 e. The first kappa shape index (κ1) is 15.8. The first-order valence-corrected chi connectivity index (χ1v) is 9.48. The van der Waals surface area contributed by atoms with Gasteiger partial charge in [0.1, 0.15) is 10.9 Å². The van der Waals surface area contributed by atoms with Gasteiger partial charge in [0.25, 0.3) is 0 Å². The van der Waals surface area contributed by atoms with Crippen molar-refractivity contribution in [2.45, 2.75) is 36.8 Å². The van der Waals surface area contributed by atoms with Gasteiger partial charge in [-0.3, -0.25) is 4.79 Å². The van der Waals surface area contributed by atoms with Crippen LogP contribution in [0.4, 0.5) is 0 Å². The van der Waals surface area contributed by atoms with Gasteiger partial charge in [-0.25, -0.2) is 9.97 Å². The molecule has 1 amide bonds. The molecular weight excluding hydrogens is 322 g/mol. The van der Waals surface area contributed by atoms with Gasteiger partial charge in [0, 0.05) is 24.4 Å². The van der Waals surface area contributed by atoms with E-state index in [-0.39, 0.29) is 12.0 Å². The highest BCUT2D eigenvalue weighted by molar-refractivity contribution is 8.00. The number of morpholine rings is 1. The Balaban J connectivity index is 1.52. The highest BCUT2D eigenvalue weighted by atomic mass is 32.2. The van der Waals surface area contributed by atoms with Gasteiger partial charge in [-0.15, -0.1) is 0 Å². The molecule has 24 heavy (non-hydrogen) atoms. The number of hydrogen-bond acceptors (Lipinski definition) is 5. The third kappa shape index (κ3) is 3.39. The quantitative estimate of drug-likeness (QED) is 0.631. The van der Waals surface area contributed by atoms with Crippen LogP contribution in [0.5, 0.6) is 0 Å². The Morgan fingerprint density at radius 1 is 1.33 bits per heavy atom. The number of thioether (sulfide) groups is 1. The van der Waals surface area contributed by atoms with E-state index in [0.717, 1.165) is 21.8 Å². The van der Waals surface area contributed by atoms with Crippen LogP contribution in [0.3, 0.4) is 0 Å². The normalized spacial score (nSPS) is 21.2. The number of para-hydroxylation sites is 1. The zero-order chi connectivity index (χ0) is 16.5. The average molecular weight is 343 g/mol. The Morgan fingerprint density at radius 2 is 2.17 bits per heavy atom. The van der Waals surface area contributed by atoms with E-state index >= 15 is 0 Å². The predicted octanol–water partition coefficient (Wildman–Crippen LogP) is 2.85. The summed E-state index contributed by atoms with van der Waals surface area (Å²) in [6.45, 7) is 3.99. The van der Waals surface area contributed by atoms with Crippen LogP contribution in [-0.2, 0) is 9.53 Å². The summed E-state index contributed by atoms with van der Waals surface area (Å²) in [5.41, 5.74) is 0.976. The van der Waals surface area contributed by atoms with Crippen molar-refractivity contribution in [1.29, 1.82) is 0 Å². The third-order valence-electron chi connectivity index (χ3n) is 4.45. The number of nitrogens with zero attached hydrogens (tertiary/aromatic N) is 3. The Hall–Kier alpha value is -1.66. The van der Waals surface area contributed by atoms with Crippen molar-refractivity contribution in [3.63, 3.8) is 0 Å². The highest BCUT2D eigenvalue weighted by Crippen LogP contribution is 2.39. The molecule has 1 aliphatic carbocycles. The Kier molecular flexibility index (Phi) is 4.41. The molecule has 1 aromatic carbocycles. The van der Waals surface area contributed by atoms with Gasteiger partial charge < -0.3 is 9.64 Å². The number of carbonyl (C=O) groups excluding carboxylic acids is 1. The molecule has 0 bridgehead atoms. The number of fused-ring (bicyclic) bond motifs is 1. The molecule has 1 aromatic heterocycles. The van der Waals surface area contributed by atoms with E-state index in [4.69, 9.17) is 9.72 Å². The standard InChI is InChI=1S/C18H21N3O2S/c1-12-10-21(8-9-23-12)16(22)11-24-18-14-4-2-3-5-15(14)19-17(20-18)13-6-7-13/h2-5,12-13H,6-11H2,1H3. The van der Waals surface area contributed by atoms with Crippen LogP contribution in [0.2, 0.25) is 0 Å². The van der Waals surface area contributed by atoms with Gasteiger partial charge in [0.05, 0.1) is 24.0 Å². The fourth-order valence-electron chi connectivity index (χ4n) is 2.97. The molecule has 1 atom stereocenters. The lowest BCUT2D eigenvalue weighted by molar-refractivity contribution is -0.135. The summed E-state index contributed by atoms with van der Waals surface area (Å²) in [4.78, 5) is 23.8. The Bertz CT molecular complexity index is 763. The summed E-state index contributed by atoms with van der Waals surface area (Å²) in [5.74, 6) is 2.01. The zero-order valence-corrected chi connectivity index (χ0v) is 14.6. The van der Waals surface area contributed by atoms with Gasteiger partial charge in [0.15, 0.2) is 0 Å². The smallest absolute Gasteiger partial charge is 0.233 e. The minimum atomic E-state index is 0.119. The van der Waals surface area contributed by atoms with Crippen molar-refractivity contribution in [2.75, 3.05) is 25.4 Å². The predicted molar refractivity (Wildman–Crippen MR) is 94.2 cm³/mol. The van der Waals surface area contributed by atoms with Gasteiger partial charge in [-0.05, 0) is 25.8 Å². The van der Waals surface area contributed by atoms with Gasteiger partial charge in [0.2, 0.25) is 5.91 Å². The molecular formula is C18H21N3O2S. The second kappa shape index (κ2) is 6.69. The maximum atomic E-state index is 12.5. The van der Waals surface area contributed by atoms with E-state index in [2.05, 4.69) is 4.98 Å². The third-order valence-corrected chi connectivity index (χ3v) is 5.43. The van der Waals surface area contributed by atoms with Gasteiger partial charge in [-0.2, -0.15) is 0 Å². The second-order valence-corrected chi connectivity index (χ2v) is 7.45. The van der Waals surface area contributed by atoms with Gasteiger partial charge >= 0.3 is 0 Å². The van der Waals surface area contributed by atoms with Crippen molar-refractivity contribution in [3.8, 4) is 0 Å². The lowest BCUT2D eigenvalue weighted by Gasteiger charge is -2.31. The molecule has 0 spiro atoms. The largest absolute Gasteiger partial charge is 0.375 e. The monoisotopic (exact) mass is 343 g/mol. The van der Waals surface area contributed by atoms with E-state index < -0.39 is 0 Å². The molecule has 4 rings (SSSR count). The lowest BCUT2D eigenvalue weighted by Crippen LogP contribution is -2.45. The number of rotatable bonds is 4. The van der Waals surface area contributed by atoms with Crippen molar-refractivity contribution < 1.29 is 9.53 Å². The molecule has 2 fully saturated rings. The number of amides is 1. The van der Waals surface area contributed by atoms with Crippen LogP contribution in [0, 0.1) is 0 Å². The molecule has 2 heterocycles. The minimum absolute atomic E-state index is 0.119. The maximum absolute atomic E-state index is 12.5. The number of benzene rings is 1. The summed E-state index contributed by atoms with van der Waals surface area (Å²) in [7, 11) is 0. The molecule has 1 aliphatic heterocycles. The number of ether oxygens (including phenoxy) is 1. The van der Waals surface area contributed by atoms with Crippen molar-refractivity contribution in [2.24, 2.45) is 0 Å². The zero-order valence-electron chi connectivity index (χ0n) is 13.8. The molecule has 1 unspecified atom stereocenters. The first-order chi connectivity index (χ1) is 11.7. The van der Waals surface area contributed by atoms with Crippen molar-refractivity contribution in [3.05, 3.63) is 30.1 Å². The molecule has 126 valence electrons. The highest BCUT2D eigenvalue weighted by Gasteiger charge is 2.28. The number of aromatic nitrogens is 2. The maximum Gasteiger partial charge on any atom is 0.233 e. The molecule has 1 saturated heterocycles. The Labute approximate surface area is 145 Å². The number of hydrogen-bond donors (Lipinski definition) is 0. The SMILES string of the molecule is CC1CN(C(=O)CSc2nc(C3CC3)nc3ccccc23)CCO1. The van der Waals surface area contributed by atoms with Crippen LogP contribution in [0.25, 0.3) is 10.9 Å². The van der Waals surface area contributed by atoms with Crippen LogP contribution < -0.4 is 0 Å². The fourth-order valence-corrected chi connectivity index (χ4v) is 3.89. The molecule has 1 saturated carbocycles. The van der Waals surface area contributed by atoms with Crippen LogP contribution in [0.1, 0.15) is 31.5 Å². The molecule has 2 aliphatic rings. The van der Waals surface area contributed by atoms with Crippen molar-refractivity contribution >= 4 is 28.6 Å². The summed E-state index contributed by atoms with van der Waals surface area (Å²) in [6.07, 6.45) is 2.47. The van der Waals surface area contributed by atoms with E-state index in [1.54, 1.807) is 0 Å². The summed E-state index contributed by atoms with van der Waals surface area (Å²) in [6, 6.07) is 8.06. The van der Waals surface area contributed by atoms with Crippen LogP contribution in [0.15, 0.2) is 29.3 Å². The van der Waals surface area contributed by atoms with E-state index in [1.807, 2.05) is 36.1 Å². The van der Waals surface area contributed by atoms with Crippen LogP contribution >= 0.6 is 11.8 Å². The summed E-state index contributed by atoms with van der Waals surface area (Å²) in [5, 5.41) is 1.97. The topological polar surface area (TPSA) is 55.3 Å². The first-order valence-electron chi connectivity index (χ1n) is 8.49. The molecule has 5 nitrogen and oxygen atoms in total. The van der Waals surface area contributed by atoms with Gasteiger partial charge in [-0.1, -0.05) is 30.0 Å². The Morgan fingerprint density at radius 3 is 2.96 bits per heavy atom. The molecule has 2 aromatic rings. The van der Waals surface area contributed by atoms with E-state index in [0.29, 0.717) is 31.4 Å². The average Bonchev–Trinajstić information content (AvgIpc) is 3.44. The lowest BCUT2D eigenvalue weighted by atomic mass is 10.2. The summed E-state index contributed by atoms with van der Waals surface area (Å²) >= 11 is 1.53. The van der Waals surface area contributed by atoms with E-state index in [1.165, 1.54) is 24.6 Å². The second-order valence-electron chi connectivity index (χ2n) is 6.49. The molecule has 0 radical (unpaired) electrons. The molecule has 0 N–H and O–H groups in total. The van der Waals surface area contributed by atoms with Crippen LogP contribution in [-0.4, -0.2) is 52.3 Å². The number of carbonyl (C=O) groups is 1. The summed E-state index contributed by atoms with van der Waals surface area (Å²) < 4.78 is 5.51.